The summed E-state index contributed by atoms with van der Waals surface area (Å²) in [5, 5.41) is 0. The summed E-state index contributed by atoms with van der Waals surface area (Å²) in [6.45, 7) is 4.18. The maximum Gasteiger partial charge on any atom is 0.189 e. The molecule has 0 heterocycles. The molecule has 0 saturated carbocycles. The van der Waals surface area contributed by atoms with Crippen LogP contribution < -0.4 is 0 Å². The van der Waals surface area contributed by atoms with E-state index in [1.54, 1.807) is 12.1 Å². The van der Waals surface area contributed by atoms with Crippen LogP contribution in [0.3, 0.4) is 0 Å². The molecule has 1 unspecified atom stereocenters. The fraction of sp³-hybridized carbons (Fsp3) is 0.333. The van der Waals surface area contributed by atoms with Crippen molar-refractivity contribution in [3.63, 3.8) is 0 Å². The Bertz CT molecular complexity index is 309. The number of hydrogen-bond acceptors (Lipinski definition) is 2. The number of unbranched alkanes of at least 4 members (excludes halogenated alkanes) is 2. The summed E-state index contributed by atoms with van der Waals surface area (Å²) in [6, 6.07) is 9.22. The average molecular weight is 224 g/mol. The van der Waals surface area contributed by atoms with Crippen LogP contribution in [0.5, 0.6) is 0 Å². The highest BCUT2D eigenvalue weighted by Gasteiger charge is 2.02. The SMILES string of the molecule is C=CCCCCOS(=O)c1ccccc1. The van der Waals surface area contributed by atoms with Crippen molar-refractivity contribution in [2.45, 2.75) is 24.2 Å². The molecule has 0 radical (unpaired) electrons. The van der Waals surface area contributed by atoms with Crippen molar-refractivity contribution in [2.24, 2.45) is 0 Å². The lowest BCUT2D eigenvalue weighted by Crippen LogP contribution is -1.99. The van der Waals surface area contributed by atoms with Gasteiger partial charge >= 0.3 is 0 Å². The van der Waals surface area contributed by atoms with Crippen molar-refractivity contribution in [2.75, 3.05) is 6.61 Å². The molecule has 3 heteroatoms. The third kappa shape index (κ3) is 4.91. The van der Waals surface area contributed by atoms with Gasteiger partial charge < -0.3 is 0 Å². The van der Waals surface area contributed by atoms with E-state index in [9.17, 15) is 4.21 Å². The van der Waals surface area contributed by atoms with E-state index in [0.29, 0.717) is 6.61 Å². The number of hydrogen-bond donors (Lipinski definition) is 0. The van der Waals surface area contributed by atoms with Gasteiger partial charge in [-0.1, -0.05) is 24.3 Å². The van der Waals surface area contributed by atoms with Crippen LogP contribution in [0.25, 0.3) is 0 Å². The second-order valence-electron chi connectivity index (χ2n) is 3.15. The van der Waals surface area contributed by atoms with Crippen LogP contribution in [0.4, 0.5) is 0 Å². The van der Waals surface area contributed by atoms with Gasteiger partial charge in [0, 0.05) is 0 Å². The Kier molecular flexibility index (Phi) is 5.97. The number of benzene rings is 1. The Morgan fingerprint density at radius 1 is 1.27 bits per heavy atom. The molecule has 1 aromatic rings. The molecule has 0 saturated heterocycles. The molecule has 0 aromatic heterocycles. The predicted molar refractivity (Wildman–Crippen MR) is 62.9 cm³/mol. The first-order valence-corrected chi connectivity index (χ1v) is 6.13. The highest BCUT2D eigenvalue weighted by molar-refractivity contribution is 7.80. The Balaban J connectivity index is 2.22. The van der Waals surface area contributed by atoms with Gasteiger partial charge in [-0.05, 0) is 31.4 Å². The summed E-state index contributed by atoms with van der Waals surface area (Å²) in [5.41, 5.74) is 0. The van der Waals surface area contributed by atoms with Crippen molar-refractivity contribution in [3.05, 3.63) is 43.0 Å². The van der Waals surface area contributed by atoms with Gasteiger partial charge in [-0.3, -0.25) is 4.18 Å². The van der Waals surface area contributed by atoms with Crippen molar-refractivity contribution in [1.82, 2.24) is 0 Å². The van der Waals surface area contributed by atoms with Crippen LogP contribution in [-0.2, 0) is 15.3 Å². The van der Waals surface area contributed by atoms with Gasteiger partial charge in [0.1, 0.15) is 0 Å². The summed E-state index contributed by atoms with van der Waals surface area (Å²) < 4.78 is 16.8. The van der Waals surface area contributed by atoms with Gasteiger partial charge in [-0.2, -0.15) is 0 Å². The summed E-state index contributed by atoms with van der Waals surface area (Å²) in [7, 11) is 0. The summed E-state index contributed by atoms with van der Waals surface area (Å²) >= 11 is -1.31. The van der Waals surface area contributed by atoms with E-state index in [2.05, 4.69) is 6.58 Å². The van der Waals surface area contributed by atoms with Crippen LogP contribution >= 0.6 is 0 Å². The lowest BCUT2D eigenvalue weighted by molar-refractivity contribution is 0.336. The minimum atomic E-state index is -1.31. The molecular formula is C12H16O2S. The number of allylic oxidation sites excluding steroid dienone is 1. The topological polar surface area (TPSA) is 26.3 Å². The van der Waals surface area contributed by atoms with Gasteiger partial charge in [0.25, 0.3) is 0 Å². The zero-order valence-electron chi connectivity index (χ0n) is 8.72. The zero-order chi connectivity index (χ0) is 10.9. The monoisotopic (exact) mass is 224 g/mol. The Morgan fingerprint density at radius 2 is 2.00 bits per heavy atom. The van der Waals surface area contributed by atoms with Gasteiger partial charge in [-0.25, -0.2) is 4.21 Å². The lowest BCUT2D eigenvalue weighted by Gasteiger charge is -2.02. The number of rotatable bonds is 7. The van der Waals surface area contributed by atoms with Gasteiger partial charge in [0.2, 0.25) is 0 Å². The van der Waals surface area contributed by atoms with Gasteiger partial charge in [-0.15, -0.1) is 6.58 Å². The minimum absolute atomic E-state index is 0.537. The summed E-state index contributed by atoms with van der Waals surface area (Å²) in [5.74, 6) is 0. The van der Waals surface area contributed by atoms with Crippen LogP contribution in [-0.4, -0.2) is 10.8 Å². The molecule has 0 fully saturated rings. The molecule has 0 N–H and O–H groups in total. The molecule has 1 atom stereocenters. The first-order valence-electron chi connectivity index (χ1n) is 5.05. The molecule has 1 aromatic carbocycles. The summed E-state index contributed by atoms with van der Waals surface area (Å²) in [4.78, 5) is 0.723. The average Bonchev–Trinajstić information content (AvgIpc) is 2.30. The quantitative estimate of drug-likeness (QED) is 0.525. The Labute approximate surface area is 93.6 Å². The Morgan fingerprint density at radius 3 is 2.67 bits per heavy atom. The van der Waals surface area contributed by atoms with E-state index < -0.39 is 11.1 Å². The van der Waals surface area contributed by atoms with E-state index in [0.717, 1.165) is 24.2 Å². The first kappa shape index (κ1) is 12.1. The van der Waals surface area contributed by atoms with Gasteiger partial charge in [0.05, 0.1) is 11.5 Å². The fourth-order valence-corrected chi connectivity index (χ4v) is 1.91. The van der Waals surface area contributed by atoms with Crippen molar-refractivity contribution >= 4 is 11.1 Å². The fourth-order valence-electron chi connectivity index (χ4n) is 1.12. The molecule has 0 amide bonds. The molecule has 0 spiro atoms. The minimum Gasteiger partial charge on any atom is -0.287 e. The van der Waals surface area contributed by atoms with Gasteiger partial charge in [0.15, 0.2) is 11.1 Å². The van der Waals surface area contributed by atoms with E-state index in [4.69, 9.17) is 4.18 Å². The summed E-state index contributed by atoms with van der Waals surface area (Å²) in [6.07, 6.45) is 4.83. The zero-order valence-corrected chi connectivity index (χ0v) is 9.54. The molecule has 1 rings (SSSR count). The van der Waals surface area contributed by atoms with Crippen molar-refractivity contribution in [1.29, 1.82) is 0 Å². The first-order chi connectivity index (χ1) is 7.34. The second-order valence-corrected chi connectivity index (χ2v) is 4.33. The largest absolute Gasteiger partial charge is 0.287 e. The van der Waals surface area contributed by atoms with Crippen molar-refractivity contribution in [3.8, 4) is 0 Å². The molecule has 0 aliphatic heterocycles. The van der Waals surface area contributed by atoms with E-state index >= 15 is 0 Å². The molecule has 15 heavy (non-hydrogen) atoms. The normalized spacial score (nSPS) is 12.3. The highest BCUT2D eigenvalue weighted by atomic mass is 32.2. The molecule has 0 bridgehead atoms. The van der Waals surface area contributed by atoms with E-state index in [1.165, 1.54) is 0 Å². The van der Waals surface area contributed by atoms with Crippen LogP contribution in [0.15, 0.2) is 47.9 Å². The standard InChI is InChI=1S/C12H16O2S/c1-2-3-4-8-11-14-15(13)12-9-6-5-7-10-12/h2,5-7,9-10H,1,3-4,8,11H2. The van der Waals surface area contributed by atoms with E-state index in [-0.39, 0.29) is 0 Å². The Hall–Kier alpha value is -0.930. The maximum atomic E-state index is 11.5. The predicted octanol–water partition coefficient (Wildman–Crippen LogP) is 3.08. The molecule has 82 valence electrons. The van der Waals surface area contributed by atoms with Crippen LogP contribution in [0.1, 0.15) is 19.3 Å². The molecule has 0 aliphatic rings. The third-order valence-corrected chi connectivity index (χ3v) is 2.97. The molecule has 2 nitrogen and oxygen atoms in total. The molecular weight excluding hydrogens is 208 g/mol. The third-order valence-electron chi connectivity index (χ3n) is 1.93. The van der Waals surface area contributed by atoms with Crippen LogP contribution in [0.2, 0.25) is 0 Å². The lowest BCUT2D eigenvalue weighted by atomic mass is 10.2. The second kappa shape index (κ2) is 7.37. The van der Waals surface area contributed by atoms with Crippen LogP contribution in [0, 0.1) is 0 Å². The maximum absolute atomic E-state index is 11.5. The smallest absolute Gasteiger partial charge is 0.189 e. The highest BCUT2D eigenvalue weighted by Crippen LogP contribution is 2.07. The van der Waals surface area contributed by atoms with Crippen molar-refractivity contribution < 1.29 is 8.39 Å². The molecule has 0 aliphatic carbocycles. The van der Waals surface area contributed by atoms with E-state index in [1.807, 2.05) is 24.3 Å².